The van der Waals surface area contributed by atoms with Crippen molar-refractivity contribution in [3.05, 3.63) is 58.6 Å². The van der Waals surface area contributed by atoms with Gasteiger partial charge in [0, 0.05) is 15.7 Å². The van der Waals surface area contributed by atoms with Crippen LogP contribution in [0.4, 0.5) is 10.5 Å². The van der Waals surface area contributed by atoms with Gasteiger partial charge in [-0.25, -0.2) is 4.79 Å². The third-order valence-corrected chi connectivity index (χ3v) is 5.05. The Balaban J connectivity index is 1.73. The Kier molecular flexibility index (Phi) is 5.18. The van der Waals surface area contributed by atoms with Gasteiger partial charge in [0.05, 0.1) is 7.11 Å². The fourth-order valence-corrected chi connectivity index (χ4v) is 3.59. The first kappa shape index (κ1) is 18.9. The summed E-state index contributed by atoms with van der Waals surface area (Å²) in [6.07, 6.45) is 0. The zero-order valence-electron chi connectivity index (χ0n) is 14.8. The normalized spacial score (nSPS) is 19.0. The Labute approximate surface area is 164 Å². The number of nitrogens with zero attached hydrogens (tertiary/aromatic N) is 1. The molecule has 1 aliphatic heterocycles. The zero-order chi connectivity index (χ0) is 19.6. The monoisotopic (exact) mass is 431 g/mol. The number of amides is 4. The second kappa shape index (κ2) is 7.40. The minimum atomic E-state index is -1.24. The van der Waals surface area contributed by atoms with E-state index in [-0.39, 0.29) is 6.54 Å². The molecule has 0 spiro atoms. The van der Waals surface area contributed by atoms with E-state index in [0.29, 0.717) is 21.5 Å². The zero-order valence-corrected chi connectivity index (χ0v) is 16.4. The van der Waals surface area contributed by atoms with Crippen molar-refractivity contribution in [2.24, 2.45) is 0 Å². The third-order valence-electron chi connectivity index (χ3n) is 4.36. The van der Waals surface area contributed by atoms with E-state index in [9.17, 15) is 14.4 Å². The summed E-state index contributed by atoms with van der Waals surface area (Å²) in [7, 11) is 1.55. The van der Waals surface area contributed by atoms with Gasteiger partial charge in [-0.15, -0.1) is 0 Å². The van der Waals surface area contributed by atoms with Crippen LogP contribution in [0, 0.1) is 0 Å². The van der Waals surface area contributed by atoms with Crippen molar-refractivity contribution >= 4 is 39.5 Å². The Hall–Kier alpha value is -2.87. The molecule has 0 unspecified atom stereocenters. The average molecular weight is 432 g/mol. The maximum absolute atomic E-state index is 12.9. The Bertz CT molecular complexity index is 900. The lowest BCUT2D eigenvalue weighted by Gasteiger charge is -2.23. The summed E-state index contributed by atoms with van der Waals surface area (Å²) in [5.74, 6) is -0.296. The summed E-state index contributed by atoms with van der Waals surface area (Å²) in [6, 6.07) is 13.3. The van der Waals surface area contributed by atoms with Crippen molar-refractivity contribution in [3.8, 4) is 5.75 Å². The molecule has 0 aromatic heterocycles. The maximum Gasteiger partial charge on any atom is 0.325 e. The topological polar surface area (TPSA) is 87.7 Å². The molecular formula is C19H18BrN3O4. The molecule has 1 heterocycles. The van der Waals surface area contributed by atoms with E-state index in [0.717, 1.165) is 4.90 Å². The van der Waals surface area contributed by atoms with Gasteiger partial charge in [-0.3, -0.25) is 14.5 Å². The van der Waals surface area contributed by atoms with E-state index in [1.165, 1.54) is 0 Å². The molecule has 0 bridgehead atoms. The molecule has 0 saturated carbocycles. The van der Waals surface area contributed by atoms with Crippen LogP contribution in [0.5, 0.6) is 5.75 Å². The summed E-state index contributed by atoms with van der Waals surface area (Å²) < 4.78 is 5.76. The Morgan fingerprint density at radius 3 is 2.48 bits per heavy atom. The van der Waals surface area contributed by atoms with E-state index in [1.54, 1.807) is 56.5 Å². The summed E-state index contributed by atoms with van der Waals surface area (Å²) >= 11 is 3.40. The van der Waals surface area contributed by atoms with Crippen molar-refractivity contribution in [1.29, 1.82) is 0 Å². The standard InChI is InChI=1S/C19H18BrN3O4/c1-19(14-5-3-4-6-15(14)20)17(25)23(18(26)22-19)11-16(24)21-12-7-9-13(27-2)10-8-12/h3-10H,11H2,1-2H3,(H,21,24)(H,22,26)/t19-/m1/s1. The second-order valence-corrected chi connectivity index (χ2v) is 7.06. The number of hydrogen-bond donors (Lipinski definition) is 2. The highest BCUT2D eigenvalue weighted by atomic mass is 79.9. The predicted octanol–water partition coefficient (Wildman–Crippen LogP) is 2.86. The first-order chi connectivity index (χ1) is 12.8. The lowest BCUT2D eigenvalue weighted by molar-refractivity contribution is -0.133. The molecule has 2 N–H and O–H groups in total. The van der Waals surface area contributed by atoms with E-state index in [2.05, 4.69) is 26.6 Å². The van der Waals surface area contributed by atoms with Gasteiger partial charge in [-0.2, -0.15) is 0 Å². The third kappa shape index (κ3) is 3.66. The SMILES string of the molecule is COc1ccc(NC(=O)CN2C(=O)N[C@](C)(c3ccccc3Br)C2=O)cc1. The molecule has 1 atom stereocenters. The van der Waals surface area contributed by atoms with E-state index >= 15 is 0 Å². The molecule has 27 heavy (non-hydrogen) atoms. The van der Waals surface area contributed by atoms with Crippen LogP contribution in [0.25, 0.3) is 0 Å². The van der Waals surface area contributed by atoms with Gasteiger partial charge in [0.15, 0.2) is 0 Å². The van der Waals surface area contributed by atoms with E-state index in [4.69, 9.17) is 4.74 Å². The van der Waals surface area contributed by atoms with Gasteiger partial charge in [0.2, 0.25) is 5.91 Å². The van der Waals surface area contributed by atoms with Crippen molar-refractivity contribution in [2.45, 2.75) is 12.5 Å². The fourth-order valence-electron chi connectivity index (χ4n) is 2.91. The second-order valence-electron chi connectivity index (χ2n) is 6.20. The molecule has 4 amide bonds. The Morgan fingerprint density at radius 2 is 1.85 bits per heavy atom. The molecule has 2 aromatic rings. The molecular weight excluding hydrogens is 414 g/mol. The lowest BCUT2D eigenvalue weighted by Crippen LogP contribution is -2.42. The summed E-state index contributed by atoms with van der Waals surface area (Å²) in [4.78, 5) is 38.4. The number of hydrogen-bond acceptors (Lipinski definition) is 4. The number of carbonyl (C=O) groups excluding carboxylic acids is 3. The predicted molar refractivity (Wildman–Crippen MR) is 103 cm³/mol. The molecule has 1 saturated heterocycles. The molecule has 0 radical (unpaired) electrons. The quantitative estimate of drug-likeness (QED) is 0.712. The molecule has 1 aliphatic rings. The molecule has 0 aliphatic carbocycles. The largest absolute Gasteiger partial charge is 0.497 e. The molecule has 7 nitrogen and oxygen atoms in total. The average Bonchev–Trinajstić information content (AvgIpc) is 2.86. The van der Waals surface area contributed by atoms with Crippen LogP contribution in [0.15, 0.2) is 53.0 Å². The van der Waals surface area contributed by atoms with Gasteiger partial charge in [0.25, 0.3) is 5.91 Å². The highest BCUT2D eigenvalue weighted by Gasteiger charge is 2.50. The van der Waals surface area contributed by atoms with Gasteiger partial charge < -0.3 is 15.4 Å². The smallest absolute Gasteiger partial charge is 0.325 e. The minimum Gasteiger partial charge on any atom is -0.497 e. The van der Waals surface area contributed by atoms with Crippen LogP contribution >= 0.6 is 15.9 Å². The Morgan fingerprint density at radius 1 is 1.19 bits per heavy atom. The number of imide groups is 1. The number of ether oxygens (including phenoxy) is 1. The van der Waals surface area contributed by atoms with Crippen LogP contribution in [0.2, 0.25) is 0 Å². The number of halogens is 1. The van der Waals surface area contributed by atoms with Crippen LogP contribution in [0.3, 0.4) is 0 Å². The highest BCUT2D eigenvalue weighted by molar-refractivity contribution is 9.10. The minimum absolute atomic E-state index is 0.378. The van der Waals surface area contributed by atoms with Gasteiger partial charge in [-0.05, 0) is 37.3 Å². The number of carbonyl (C=O) groups is 3. The van der Waals surface area contributed by atoms with Crippen LogP contribution in [0.1, 0.15) is 12.5 Å². The molecule has 2 aromatic carbocycles. The number of methoxy groups -OCH3 is 1. The molecule has 3 rings (SSSR count). The van der Waals surface area contributed by atoms with Crippen LogP contribution in [-0.2, 0) is 15.1 Å². The van der Waals surface area contributed by atoms with Crippen molar-refractivity contribution in [3.63, 3.8) is 0 Å². The number of urea groups is 1. The fraction of sp³-hybridized carbons (Fsp3) is 0.211. The number of anilines is 1. The summed E-state index contributed by atoms with van der Waals surface area (Å²) in [5.41, 5.74) is -0.0692. The van der Waals surface area contributed by atoms with Gasteiger partial charge in [0.1, 0.15) is 17.8 Å². The first-order valence-corrected chi connectivity index (χ1v) is 8.97. The number of rotatable bonds is 5. The summed E-state index contributed by atoms with van der Waals surface area (Å²) in [6.45, 7) is 1.24. The van der Waals surface area contributed by atoms with Crippen molar-refractivity contribution in [2.75, 3.05) is 19.0 Å². The number of benzene rings is 2. The molecule has 140 valence electrons. The van der Waals surface area contributed by atoms with Crippen molar-refractivity contribution in [1.82, 2.24) is 10.2 Å². The highest BCUT2D eigenvalue weighted by Crippen LogP contribution is 2.33. The van der Waals surface area contributed by atoms with E-state index in [1.807, 2.05) is 6.07 Å². The first-order valence-electron chi connectivity index (χ1n) is 8.18. The van der Waals surface area contributed by atoms with Gasteiger partial charge in [-0.1, -0.05) is 34.1 Å². The lowest BCUT2D eigenvalue weighted by atomic mass is 9.92. The molecule has 8 heteroatoms. The van der Waals surface area contributed by atoms with Crippen molar-refractivity contribution < 1.29 is 19.1 Å². The van der Waals surface area contributed by atoms with Crippen LogP contribution in [-0.4, -0.2) is 36.4 Å². The van der Waals surface area contributed by atoms with E-state index < -0.39 is 23.4 Å². The molecule has 1 fully saturated rings. The maximum atomic E-state index is 12.9. The van der Waals surface area contributed by atoms with Gasteiger partial charge >= 0.3 is 6.03 Å². The van der Waals surface area contributed by atoms with Crippen LogP contribution < -0.4 is 15.4 Å². The number of nitrogens with one attached hydrogen (secondary N) is 2. The summed E-state index contributed by atoms with van der Waals surface area (Å²) in [5, 5.41) is 5.34.